The molecule has 5 N–H and O–H groups in total. The van der Waals surface area contributed by atoms with E-state index < -0.39 is 9.92 Å². The molecule has 0 saturated heterocycles. The van der Waals surface area contributed by atoms with Gasteiger partial charge in [-0.2, -0.15) is 0 Å². The Balaban J connectivity index is 1.19. The summed E-state index contributed by atoms with van der Waals surface area (Å²) < 4.78 is 16.3. The van der Waals surface area contributed by atoms with Crippen LogP contribution in [0.3, 0.4) is 0 Å². The van der Waals surface area contributed by atoms with E-state index in [0.29, 0.717) is 17.0 Å². The van der Waals surface area contributed by atoms with Crippen LogP contribution in [0.4, 0.5) is 22.7 Å². The van der Waals surface area contributed by atoms with Crippen LogP contribution in [0.15, 0.2) is 83.4 Å². The number of fused-ring (bicyclic) bond motifs is 1. The van der Waals surface area contributed by atoms with Gasteiger partial charge < -0.3 is 16.0 Å². The number of anilines is 4. The van der Waals surface area contributed by atoms with E-state index in [0.717, 1.165) is 46.1 Å². The molecule has 8 nitrogen and oxygen atoms in total. The number of benzene rings is 3. The van der Waals surface area contributed by atoms with Crippen LogP contribution in [-0.2, 0) is 9.92 Å². The summed E-state index contributed by atoms with van der Waals surface area (Å²) in [7, 11) is 0.149. The lowest BCUT2D eigenvalue weighted by Gasteiger charge is -2.34. The van der Waals surface area contributed by atoms with E-state index in [9.17, 15) is 9.00 Å². The van der Waals surface area contributed by atoms with E-state index in [1.165, 1.54) is 0 Å². The van der Waals surface area contributed by atoms with Crippen LogP contribution in [0.5, 0.6) is 0 Å². The van der Waals surface area contributed by atoms with Crippen LogP contribution in [0, 0.1) is 0 Å². The second-order valence-corrected chi connectivity index (χ2v) is 12.3. The van der Waals surface area contributed by atoms with E-state index in [2.05, 4.69) is 40.6 Å². The average Bonchev–Trinajstić information content (AvgIpc) is 2.88. The minimum absolute atomic E-state index is 0.0331. The van der Waals surface area contributed by atoms with Gasteiger partial charge in [0, 0.05) is 51.7 Å². The van der Waals surface area contributed by atoms with Crippen LogP contribution in [-0.4, -0.2) is 32.9 Å². The van der Waals surface area contributed by atoms with Gasteiger partial charge in [-0.1, -0.05) is 19.1 Å². The fourth-order valence-electron chi connectivity index (χ4n) is 4.38. The van der Waals surface area contributed by atoms with Gasteiger partial charge in [-0.25, -0.2) is 13.7 Å². The average molecular weight is 547 g/mol. The minimum atomic E-state index is -2.56. The third kappa shape index (κ3) is 6.30. The van der Waals surface area contributed by atoms with Gasteiger partial charge in [0.05, 0.1) is 11.6 Å². The molecule has 3 aromatic carbocycles. The first-order chi connectivity index (χ1) is 18.3. The summed E-state index contributed by atoms with van der Waals surface area (Å²) in [4.78, 5) is 17.3. The Labute approximate surface area is 225 Å². The maximum atomic E-state index is 12.9. The Kier molecular flexibility index (Phi) is 7.61. The zero-order valence-electron chi connectivity index (χ0n) is 21.1. The molecule has 1 amide bonds. The number of pyridine rings is 1. The summed E-state index contributed by atoms with van der Waals surface area (Å²) >= 11 is 0. The van der Waals surface area contributed by atoms with Crippen LogP contribution in [0.25, 0.3) is 10.9 Å². The molecular formula is C28H31N6O2PS. The number of rotatable bonds is 8. The first kappa shape index (κ1) is 26.1. The standard InChI is InChI=1S/C28H31N6O2PS/c1-2-38(29,36)34-23-15-22(16-23)31-20-4-3-5-21(14-20)33-28(35)18-6-8-19(9-7-18)32-27-12-13-30-26-11-10-24(37)17-25(26)27/h3-14,17,22-23,31H,2,15-16,37H2,1H3,(H,30,32)(H,33,35)(H2,29,34,36). The fourth-order valence-corrected chi connectivity index (χ4v) is 5.47. The highest BCUT2D eigenvalue weighted by Gasteiger charge is 2.29. The molecule has 2 unspecified atom stereocenters. The highest BCUT2D eigenvalue weighted by Crippen LogP contribution is 2.29. The van der Waals surface area contributed by atoms with Crippen molar-refractivity contribution in [1.82, 2.24) is 4.98 Å². The number of nitrogens with zero attached hydrogens (tertiary/aromatic N) is 2. The predicted molar refractivity (Wildman–Crippen MR) is 161 cm³/mol. The Hall–Kier alpha value is -3.52. The summed E-state index contributed by atoms with van der Waals surface area (Å²) in [5.41, 5.74) is 4.92. The van der Waals surface area contributed by atoms with Crippen molar-refractivity contribution in [3.8, 4) is 0 Å². The molecule has 38 heavy (non-hydrogen) atoms. The van der Waals surface area contributed by atoms with Crippen LogP contribution >= 0.6 is 9.24 Å². The van der Waals surface area contributed by atoms with Crippen molar-refractivity contribution in [3.63, 3.8) is 0 Å². The Morgan fingerprint density at radius 1 is 1.05 bits per heavy atom. The molecule has 0 bridgehead atoms. The third-order valence-electron chi connectivity index (χ3n) is 6.54. The highest BCUT2D eigenvalue weighted by molar-refractivity contribution is 7.91. The zero-order chi connectivity index (χ0) is 26.7. The predicted octanol–water partition coefficient (Wildman–Crippen LogP) is 5.04. The molecule has 10 heteroatoms. The molecule has 1 aliphatic carbocycles. The zero-order valence-corrected chi connectivity index (χ0v) is 23.0. The van der Waals surface area contributed by atoms with E-state index in [1.54, 1.807) is 25.3 Å². The molecular weight excluding hydrogens is 515 g/mol. The van der Waals surface area contributed by atoms with Gasteiger partial charge in [0.1, 0.15) is 9.92 Å². The minimum Gasteiger partial charge on any atom is -0.382 e. The second-order valence-electron chi connectivity index (χ2n) is 9.42. The van der Waals surface area contributed by atoms with Crippen molar-refractivity contribution in [2.45, 2.75) is 31.8 Å². The molecule has 0 spiro atoms. The lowest BCUT2D eigenvalue weighted by Crippen LogP contribution is -2.39. The molecule has 1 aliphatic rings. The second kappa shape index (κ2) is 11.1. The maximum Gasteiger partial charge on any atom is 0.255 e. The van der Waals surface area contributed by atoms with Gasteiger partial charge in [0.25, 0.3) is 5.91 Å². The number of hydrogen-bond acceptors (Lipinski definition) is 6. The normalized spacial score (nSPS) is 18.2. The van der Waals surface area contributed by atoms with Crippen molar-refractivity contribution in [3.05, 3.63) is 84.6 Å². The van der Waals surface area contributed by atoms with Gasteiger partial charge in [-0.3, -0.25) is 9.78 Å². The van der Waals surface area contributed by atoms with Crippen molar-refractivity contribution < 1.29 is 9.00 Å². The monoisotopic (exact) mass is 546 g/mol. The summed E-state index contributed by atoms with van der Waals surface area (Å²) in [6.07, 6.45) is 3.36. The Morgan fingerprint density at radius 2 is 1.82 bits per heavy atom. The summed E-state index contributed by atoms with van der Waals surface area (Å²) in [5, 5.41) is 17.7. The van der Waals surface area contributed by atoms with E-state index in [-0.39, 0.29) is 18.0 Å². The molecule has 1 fully saturated rings. The number of amides is 1. The van der Waals surface area contributed by atoms with E-state index >= 15 is 0 Å². The van der Waals surface area contributed by atoms with E-state index in [1.807, 2.05) is 54.6 Å². The molecule has 1 saturated carbocycles. The largest absolute Gasteiger partial charge is 0.382 e. The number of nitrogens with two attached hydrogens (primary N) is 1. The lowest BCUT2D eigenvalue weighted by molar-refractivity contribution is 0.102. The quantitative estimate of drug-likeness (QED) is 0.231. The summed E-state index contributed by atoms with van der Waals surface area (Å²) in [5.74, 6) is 0.180. The molecule has 0 radical (unpaired) electrons. The third-order valence-corrected chi connectivity index (χ3v) is 8.38. The van der Waals surface area contributed by atoms with Crippen molar-refractivity contribution in [1.29, 1.82) is 0 Å². The highest BCUT2D eigenvalue weighted by atomic mass is 32.2. The maximum absolute atomic E-state index is 12.9. The molecule has 5 rings (SSSR count). The number of carbonyl (C=O) groups excluding carboxylic acids is 1. The fraction of sp³-hybridized carbons (Fsp3) is 0.214. The molecule has 1 heterocycles. The van der Waals surface area contributed by atoms with Crippen LogP contribution < -0.4 is 26.4 Å². The molecule has 0 aliphatic heterocycles. The lowest BCUT2D eigenvalue weighted by atomic mass is 9.87. The van der Waals surface area contributed by atoms with Crippen LogP contribution in [0.1, 0.15) is 30.1 Å². The summed E-state index contributed by atoms with van der Waals surface area (Å²) in [6.45, 7) is 1.79. The molecule has 1 aromatic heterocycles. The van der Waals surface area contributed by atoms with E-state index in [4.69, 9.17) is 5.14 Å². The van der Waals surface area contributed by atoms with Crippen molar-refractivity contribution in [2.75, 3.05) is 21.7 Å². The Bertz CT molecular complexity index is 1600. The van der Waals surface area contributed by atoms with Gasteiger partial charge >= 0.3 is 0 Å². The van der Waals surface area contributed by atoms with Crippen molar-refractivity contribution in [2.24, 2.45) is 9.50 Å². The number of aromatic nitrogens is 1. The smallest absolute Gasteiger partial charge is 0.255 e. The topological polar surface area (TPSA) is 122 Å². The molecule has 2 atom stereocenters. The molecule has 4 aromatic rings. The number of hydrogen-bond donors (Lipinski definition) is 4. The first-order valence-corrected chi connectivity index (χ1v) is 14.8. The molecule has 196 valence electrons. The van der Waals surface area contributed by atoms with Gasteiger partial charge in [0.15, 0.2) is 0 Å². The SMILES string of the molecule is CCS(N)(=O)=NC1CC(Nc2cccc(NC(=O)c3ccc(Nc4ccnc5ccc(P)cc45)cc3)c2)C1. The first-order valence-electron chi connectivity index (χ1n) is 12.5. The van der Waals surface area contributed by atoms with Crippen LogP contribution in [0.2, 0.25) is 0 Å². The van der Waals surface area contributed by atoms with Gasteiger partial charge in [0.2, 0.25) is 0 Å². The number of nitrogens with one attached hydrogen (secondary N) is 3. The Morgan fingerprint density at radius 3 is 2.58 bits per heavy atom. The van der Waals surface area contributed by atoms with Gasteiger partial charge in [-0.15, -0.1) is 9.24 Å². The summed E-state index contributed by atoms with van der Waals surface area (Å²) in [6, 6.07) is 23.3. The van der Waals surface area contributed by atoms with Gasteiger partial charge in [-0.05, 0) is 78.8 Å². The van der Waals surface area contributed by atoms with Crippen molar-refractivity contribution >= 4 is 64.0 Å². The number of carbonyl (C=O) groups is 1.